The van der Waals surface area contributed by atoms with E-state index >= 15 is 0 Å². The summed E-state index contributed by atoms with van der Waals surface area (Å²) >= 11 is 0. The van der Waals surface area contributed by atoms with Gasteiger partial charge < -0.3 is 0 Å². The smallest absolute Gasteiger partial charge is 0.222 e. The van der Waals surface area contributed by atoms with Crippen LogP contribution in [0.5, 0.6) is 0 Å². The molecule has 0 bridgehead atoms. The van der Waals surface area contributed by atoms with Gasteiger partial charge in [-0.3, -0.25) is 0 Å². The normalized spacial score (nSPS) is 17.7. The van der Waals surface area contributed by atoms with Crippen LogP contribution >= 0.6 is 0 Å². The molecule has 0 saturated heterocycles. The van der Waals surface area contributed by atoms with Crippen LogP contribution in [-0.2, 0) is 0 Å². The molecule has 6 heteroatoms. The van der Waals surface area contributed by atoms with Crippen LogP contribution in [0.4, 0.5) is 26.3 Å². The minimum Gasteiger partial charge on any atom is -0.222 e. The average molecular weight is 204 g/mol. The van der Waals surface area contributed by atoms with Gasteiger partial charge in [0.05, 0.1) is 0 Å². The van der Waals surface area contributed by atoms with Crippen molar-refractivity contribution in [2.75, 3.05) is 0 Å². The third-order valence-corrected chi connectivity index (χ3v) is 1.44. The number of allylic oxidation sites excluding steroid dienone is 2. The van der Waals surface area contributed by atoms with Crippen molar-refractivity contribution in [2.24, 2.45) is 0 Å². The lowest BCUT2D eigenvalue weighted by atomic mass is 9.97. The van der Waals surface area contributed by atoms with Gasteiger partial charge in [0, 0.05) is 0 Å². The first-order valence-corrected chi connectivity index (χ1v) is 3.03. The summed E-state index contributed by atoms with van der Waals surface area (Å²) in [5.74, 6) is -4.72. The summed E-state index contributed by atoms with van der Waals surface area (Å²) < 4.78 is 73.0. The highest BCUT2D eigenvalue weighted by atomic mass is 19.4. The van der Waals surface area contributed by atoms with Crippen molar-refractivity contribution < 1.29 is 26.3 Å². The molecule has 0 aromatic rings. The Morgan fingerprint density at radius 2 is 1.15 bits per heavy atom. The van der Waals surface area contributed by atoms with Gasteiger partial charge in [-0.2, -0.15) is 22.0 Å². The van der Waals surface area contributed by atoms with Gasteiger partial charge in [-0.1, -0.05) is 13.2 Å². The summed E-state index contributed by atoms with van der Waals surface area (Å²) in [7, 11) is 0. The molecule has 0 nitrogen and oxygen atoms in total. The van der Waals surface area contributed by atoms with Crippen LogP contribution in [0, 0.1) is 0 Å². The van der Waals surface area contributed by atoms with Crippen molar-refractivity contribution in [1.29, 1.82) is 0 Å². The molecule has 0 aliphatic rings. The van der Waals surface area contributed by atoms with E-state index in [1.807, 2.05) is 0 Å². The van der Waals surface area contributed by atoms with Crippen LogP contribution in [0.15, 0.2) is 25.3 Å². The van der Waals surface area contributed by atoms with Crippen molar-refractivity contribution in [3.8, 4) is 0 Å². The monoisotopic (exact) mass is 204 g/mol. The molecule has 0 rings (SSSR count). The quantitative estimate of drug-likeness (QED) is 0.489. The summed E-state index contributed by atoms with van der Waals surface area (Å²) in [4.78, 5) is 0. The highest BCUT2D eigenvalue weighted by molar-refractivity contribution is 5.16. The Morgan fingerprint density at radius 1 is 0.769 bits per heavy atom. The van der Waals surface area contributed by atoms with E-state index in [9.17, 15) is 26.3 Å². The molecule has 1 atom stereocenters. The van der Waals surface area contributed by atoms with Crippen LogP contribution in [0.2, 0.25) is 0 Å². The van der Waals surface area contributed by atoms with E-state index < -0.39 is 29.9 Å². The Bertz CT molecular complexity index is 216. The van der Waals surface area contributed by atoms with E-state index in [0.29, 0.717) is 0 Å². The molecule has 0 aliphatic carbocycles. The molecule has 0 aromatic heterocycles. The number of halogens is 6. The van der Waals surface area contributed by atoms with E-state index in [1.165, 1.54) is 0 Å². The van der Waals surface area contributed by atoms with E-state index in [-0.39, 0.29) is 0 Å². The van der Waals surface area contributed by atoms with Gasteiger partial charge >= 0.3 is 12.1 Å². The SMILES string of the molecule is C=CC(F)(F)C(F)(C=C)C(F)(F)F. The molecule has 0 saturated carbocycles. The molecule has 0 aromatic carbocycles. The lowest BCUT2D eigenvalue weighted by Crippen LogP contribution is -2.52. The van der Waals surface area contributed by atoms with E-state index in [2.05, 4.69) is 13.2 Å². The molecule has 76 valence electrons. The second kappa shape index (κ2) is 3.08. The lowest BCUT2D eigenvalue weighted by Gasteiger charge is -2.30. The zero-order valence-corrected chi connectivity index (χ0v) is 6.34. The highest BCUT2D eigenvalue weighted by Gasteiger charge is 2.68. The zero-order valence-electron chi connectivity index (χ0n) is 6.34. The molecule has 0 aliphatic heterocycles. The molecule has 0 radical (unpaired) electrons. The second-order valence-electron chi connectivity index (χ2n) is 2.24. The van der Waals surface area contributed by atoms with Crippen molar-refractivity contribution in [3.63, 3.8) is 0 Å². The first-order valence-electron chi connectivity index (χ1n) is 3.03. The maximum Gasteiger partial charge on any atom is 0.432 e. The van der Waals surface area contributed by atoms with Crippen molar-refractivity contribution >= 4 is 0 Å². The topological polar surface area (TPSA) is 0 Å². The standard InChI is InChI=1S/C7H6F6/c1-3-5(8,7(11,12)13)6(9,10)4-2/h3-4H,1-2H2. The maximum atomic E-state index is 12.7. The predicted octanol–water partition coefficient (Wildman–Crippen LogP) is 3.26. The Labute approximate surface area is 70.5 Å². The molecule has 0 fully saturated rings. The molecule has 0 spiro atoms. The van der Waals surface area contributed by atoms with Crippen molar-refractivity contribution in [2.45, 2.75) is 17.8 Å². The fourth-order valence-electron chi connectivity index (χ4n) is 0.589. The molecular weight excluding hydrogens is 198 g/mol. The molecular formula is C7H6F6. The predicted molar refractivity (Wildman–Crippen MR) is 35.2 cm³/mol. The maximum absolute atomic E-state index is 12.7. The number of hydrogen-bond acceptors (Lipinski definition) is 0. The summed E-state index contributed by atoms with van der Waals surface area (Å²) in [5, 5.41) is 0. The van der Waals surface area contributed by atoms with Gasteiger partial charge in [-0.15, -0.1) is 0 Å². The van der Waals surface area contributed by atoms with Crippen LogP contribution in [0.1, 0.15) is 0 Å². The summed E-state index contributed by atoms with van der Waals surface area (Å²) in [6.07, 6.45) is -6.59. The Balaban J connectivity index is 5.30. The van der Waals surface area contributed by atoms with E-state index in [1.54, 1.807) is 0 Å². The summed E-state index contributed by atoms with van der Waals surface area (Å²) in [5.41, 5.74) is -4.76. The third-order valence-electron chi connectivity index (χ3n) is 1.44. The molecule has 0 amide bonds. The number of hydrogen-bond donors (Lipinski definition) is 0. The Kier molecular flexibility index (Phi) is 2.86. The fraction of sp³-hybridized carbons (Fsp3) is 0.429. The average Bonchev–Trinajstić information content (AvgIpc) is 2.00. The summed E-state index contributed by atoms with van der Waals surface area (Å²) in [6.45, 7) is 4.81. The Morgan fingerprint density at radius 3 is 1.23 bits per heavy atom. The Hall–Kier alpha value is -0.940. The largest absolute Gasteiger partial charge is 0.432 e. The lowest BCUT2D eigenvalue weighted by molar-refractivity contribution is -0.268. The van der Waals surface area contributed by atoms with Gasteiger partial charge in [-0.05, 0) is 12.2 Å². The fourth-order valence-corrected chi connectivity index (χ4v) is 0.589. The van der Waals surface area contributed by atoms with Gasteiger partial charge in [0.15, 0.2) is 0 Å². The first-order chi connectivity index (χ1) is 5.62. The van der Waals surface area contributed by atoms with Gasteiger partial charge in [0.25, 0.3) is 5.67 Å². The number of rotatable bonds is 3. The van der Waals surface area contributed by atoms with E-state index in [4.69, 9.17) is 0 Å². The summed E-state index contributed by atoms with van der Waals surface area (Å²) in [6, 6.07) is 0. The minimum absolute atomic E-state index is 0.401. The van der Waals surface area contributed by atoms with Crippen LogP contribution in [-0.4, -0.2) is 17.8 Å². The van der Waals surface area contributed by atoms with E-state index in [0.717, 1.165) is 0 Å². The van der Waals surface area contributed by atoms with Crippen LogP contribution < -0.4 is 0 Å². The van der Waals surface area contributed by atoms with Crippen molar-refractivity contribution in [3.05, 3.63) is 25.3 Å². The van der Waals surface area contributed by atoms with Gasteiger partial charge in [0.1, 0.15) is 0 Å². The molecule has 13 heavy (non-hydrogen) atoms. The minimum atomic E-state index is -5.72. The number of alkyl halides is 6. The first kappa shape index (κ1) is 12.1. The molecule has 0 heterocycles. The molecule has 1 unspecified atom stereocenters. The molecule has 0 N–H and O–H groups in total. The zero-order chi connectivity index (χ0) is 10.9. The van der Waals surface area contributed by atoms with Crippen LogP contribution in [0.25, 0.3) is 0 Å². The van der Waals surface area contributed by atoms with Gasteiger partial charge in [0.2, 0.25) is 0 Å². The van der Waals surface area contributed by atoms with Crippen molar-refractivity contribution in [1.82, 2.24) is 0 Å². The van der Waals surface area contributed by atoms with Crippen LogP contribution in [0.3, 0.4) is 0 Å². The van der Waals surface area contributed by atoms with Gasteiger partial charge in [-0.25, -0.2) is 4.39 Å². The third kappa shape index (κ3) is 1.71. The second-order valence-corrected chi connectivity index (χ2v) is 2.24. The highest BCUT2D eigenvalue weighted by Crippen LogP contribution is 2.46.